The van der Waals surface area contributed by atoms with Crippen LogP contribution in [-0.2, 0) is 4.79 Å². The maximum atomic E-state index is 10.3. The third-order valence-electron chi connectivity index (χ3n) is 0.600. The molecule has 0 aromatic rings. The van der Waals surface area contributed by atoms with E-state index in [0.717, 1.165) is 0 Å². The van der Waals surface area contributed by atoms with Crippen LogP contribution in [0.4, 0.5) is 0 Å². The molecule has 7 heavy (non-hydrogen) atoms. The maximum Gasteiger partial charge on any atom is 0.143 e. The fourth-order valence-electron chi connectivity index (χ4n) is 0.240. The molecule has 0 aliphatic carbocycles. The van der Waals surface area contributed by atoms with Crippen molar-refractivity contribution in [2.75, 3.05) is 12.3 Å². The highest BCUT2D eigenvalue weighted by Crippen LogP contribution is 1.81. The van der Waals surface area contributed by atoms with Gasteiger partial charge in [-0.05, 0) is 6.54 Å². The summed E-state index contributed by atoms with van der Waals surface area (Å²) in [4.78, 5) is 10.3. The van der Waals surface area contributed by atoms with Crippen molar-refractivity contribution >= 4 is 18.4 Å². The molecule has 0 saturated heterocycles. The van der Waals surface area contributed by atoms with Crippen LogP contribution in [0.5, 0.6) is 0 Å². The number of hydrogen-bond donors (Lipinski definition) is 2. The van der Waals surface area contributed by atoms with Crippen molar-refractivity contribution in [1.29, 1.82) is 0 Å². The fourth-order valence-corrected chi connectivity index (χ4v) is 0.398. The number of Topliss-reactive ketones (excluding diaryl/α,β-unsaturated/α-hetero) is 1. The zero-order chi connectivity index (χ0) is 5.70. The van der Waals surface area contributed by atoms with Crippen LogP contribution in [0, 0.1) is 0 Å². The van der Waals surface area contributed by atoms with Crippen molar-refractivity contribution in [2.45, 2.75) is 6.42 Å². The van der Waals surface area contributed by atoms with E-state index in [-0.39, 0.29) is 5.78 Å². The summed E-state index contributed by atoms with van der Waals surface area (Å²) in [6, 6.07) is 0. The second kappa shape index (κ2) is 4.15. The van der Waals surface area contributed by atoms with Crippen molar-refractivity contribution in [3.05, 3.63) is 0 Å². The highest BCUT2D eigenvalue weighted by molar-refractivity contribution is 7.81. The van der Waals surface area contributed by atoms with E-state index >= 15 is 0 Å². The first kappa shape index (κ1) is 6.98. The molecule has 0 unspecified atom stereocenters. The normalized spacial score (nSPS) is 8.86. The predicted molar refractivity (Wildman–Crippen MR) is 32.5 cm³/mol. The lowest BCUT2D eigenvalue weighted by Crippen LogP contribution is -2.08. The third kappa shape index (κ3) is 3.82. The predicted octanol–water partition coefficient (Wildman–Crippen LogP) is -0.166. The van der Waals surface area contributed by atoms with Gasteiger partial charge in [0.1, 0.15) is 5.78 Å². The lowest BCUT2D eigenvalue weighted by Gasteiger charge is -1.87. The Balaban J connectivity index is 3.00. The lowest BCUT2D eigenvalue weighted by atomic mass is 10.3. The Bertz CT molecular complexity index is 64.7. The molecular formula is C4H9NOS. The molecule has 0 saturated carbocycles. The van der Waals surface area contributed by atoms with Crippen molar-refractivity contribution in [3.63, 3.8) is 0 Å². The number of hydrogen-bond acceptors (Lipinski definition) is 3. The van der Waals surface area contributed by atoms with Crippen LogP contribution in [-0.4, -0.2) is 18.1 Å². The molecule has 0 rings (SSSR count). The van der Waals surface area contributed by atoms with Gasteiger partial charge in [-0.15, -0.1) is 0 Å². The highest BCUT2D eigenvalue weighted by atomic mass is 32.1. The molecule has 0 aromatic heterocycles. The smallest absolute Gasteiger partial charge is 0.143 e. The van der Waals surface area contributed by atoms with E-state index in [2.05, 4.69) is 12.6 Å². The van der Waals surface area contributed by atoms with Crippen LogP contribution in [0.1, 0.15) is 6.42 Å². The molecule has 0 aromatic carbocycles. The standard InChI is InChI=1S/C4H9NOS/c5-2-1-4(6)3-7/h7H,1-3,5H2. The van der Waals surface area contributed by atoms with E-state index in [1.165, 1.54) is 0 Å². The summed E-state index contributed by atoms with van der Waals surface area (Å²) in [5.74, 6) is 0.433. The topological polar surface area (TPSA) is 43.1 Å². The molecule has 0 fully saturated rings. The van der Waals surface area contributed by atoms with E-state index in [9.17, 15) is 4.79 Å². The van der Waals surface area contributed by atoms with Crippen molar-refractivity contribution in [3.8, 4) is 0 Å². The first-order valence-electron chi connectivity index (χ1n) is 2.14. The summed E-state index contributed by atoms with van der Waals surface area (Å²) < 4.78 is 0. The summed E-state index contributed by atoms with van der Waals surface area (Å²) in [5, 5.41) is 0. The minimum atomic E-state index is 0.117. The van der Waals surface area contributed by atoms with Crippen LogP contribution in [0.15, 0.2) is 0 Å². The van der Waals surface area contributed by atoms with Crippen LogP contribution < -0.4 is 5.73 Å². The minimum absolute atomic E-state index is 0.117. The van der Waals surface area contributed by atoms with E-state index in [4.69, 9.17) is 5.73 Å². The van der Waals surface area contributed by atoms with Gasteiger partial charge < -0.3 is 5.73 Å². The number of nitrogens with two attached hydrogens (primary N) is 1. The zero-order valence-corrected chi connectivity index (χ0v) is 4.95. The molecule has 0 bridgehead atoms. The molecule has 0 radical (unpaired) electrons. The van der Waals surface area contributed by atoms with E-state index in [1.807, 2.05) is 0 Å². The quantitative estimate of drug-likeness (QED) is 0.507. The summed E-state index contributed by atoms with van der Waals surface area (Å²) >= 11 is 3.74. The van der Waals surface area contributed by atoms with Gasteiger partial charge in [0.2, 0.25) is 0 Å². The van der Waals surface area contributed by atoms with Gasteiger partial charge in [-0.25, -0.2) is 0 Å². The first-order chi connectivity index (χ1) is 3.31. The van der Waals surface area contributed by atoms with Crippen LogP contribution in [0.2, 0.25) is 0 Å². The average Bonchev–Trinajstić information content (AvgIpc) is 1.68. The highest BCUT2D eigenvalue weighted by Gasteiger charge is 1.92. The molecule has 42 valence electrons. The third-order valence-corrected chi connectivity index (χ3v) is 0.952. The second-order valence-electron chi connectivity index (χ2n) is 1.24. The molecule has 0 aliphatic rings. The van der Waals surface area contributed by atoms with Gasteiger partial charge in [-0.3, -0.25) is 4.79 Å². The monoisotopic (exact) mass is 119 g/mol. The number of ketones is 1. The minimum Gasteiger partial charge on any atom is -0.330 e. The van der Waals surface area contributed by atoms with Gasteiger partial charge in [0, 0.05) is 12.2 Å². The van der Waals surface area contributed by atoms with Gasteiger partial charge >= 0.3 is 0 Å². The Morgan fingerprint density at radius 2 is 2.29 bits per heavy atom. The number of carbonyl (C=O) groups excluding carboxylic acids is 1. The van der Waals surface area contributed by atoms with E-state index < -0.39 is 0 Å². The lowest BCUT2D eigenvalue weighted by molar-refractivity contribution is -0.116. The molecule has 0 heterocycles. The molecule has 3 heteroatoms. The Kier molecular flexibility index (Phi) is 4.14. The largest absolute Gasteiger partial charge is 0.330 e. The van der Waals surface area contributed by atoms with Crippen LogP contribution >= 0.6 is 12.6 Å². The van der Waals surface area contributed by atoms with E-state index in [0.29, 0.717) is 18.7 Å². The Labute approximate surface area is 48.5 Å². The Hall–Kier alpha value is -0.0200. The molecule has 2 nitrogen and oxygen atoms in total. The molecular weight excluding hydrogens is 110 g/mol. The molecule has 0 amide bonds. The number of carbonyl (C=O) groups is 1. The van der Waals surface area contributed by atoms with Crippen molar-refractivity contribution in [1.82, 2.24) is 0 Å². The van der Waals surface area contributed by atoms with Gasteiger partial charge in [0.25, 0.3) is 0 Å². The van der Waals surface area contributed by atoms with Gasteiger partial charge in [0.05, 0.1) is 0 Å². The zero-order valence-electron chi connectivity index (χ0n) is 4.05. The summed E-state index contributed by atoms with van der Waals surface area (Å²) in [7, 11) is 0. The second-order valence-corrected chi connectivity index (χ2v) is 1.55. The van der Waals surface area contributed by atoms with Crippen LogP contribution in [0.25, 0.3) is 0 Å². The van der Waals surface area contributed by atoms with Gasteiger partial charge in [-0.2, -0.15) is 12.6 Å². The fraction of sp³-hybridized carbons (Fsp3) is 0.750. The van der Waals surface area contributed by atoms with Crippen LogP contribution in [0.3, 0.4) is 0 Å². The summed E-state index contributed by atoms with van der Waals surface area (Å²) in [6.45, 7) is 0.444. The summed E-state index contributed by atoms with van der Waals surface area (Å²) in [5.41, 5.74) is 5.05. The Morgan fingerprint density at radius 1 is 1.71 bits per heavy atom. The number of rotatable bonds is 3. The van der Waals surface area contributed by atoms with Gasteiger partial charge in [0.15, 0.2) is 0 Å². The summed E-state index contributed by atoms with van der Waals surface area (Å²) in [6.07, 6.45) is 0.462. The Morgan fingerprint density at radius 3 is 2.43 bits per heavy atom. The van der Waals surface area contributed by atoms with Gasteiger partial charge in [-0.1, -0.05) is 0 Å². The molecule has 0 aliphatic heterocycles. The average molecular weight is 119 g/mol. The van der Waals surface area contributed by atoms with Crippen molar-refractivity contribution in [2.24, 2.45) is 5.73 Å². The molecule has 0 atom stereocenters. The molecule has 0 spiro atoms. The SMILES string of the molecule is NCCC(=O)CS. The molecule has 2 N–H and O–H groups in total. The van der Waals surface area contributed by atoms with E-state index in [1.54, 1.807) is 0 Å². The first-order valence-corrected chi connectivity index (χ1v) is 2.77. The van der Waals surface area contributed by atoms with Crippen molar-refractivity contribution < 1.29 is 4.79 Å². The number of thiol groups is 1. The maximum absolute atomic E-state index is 10.3.